The Morgan fingerprint density at radius 1 is 1.27 bits per heavy atom. The normalized spacial score (nSPS) is 10.2. The van der Waals surface area contributed by atoms with Crippen molar-refractivity contribution in [2.24, 2.45) is 0 Å². The lowest BCUT2D eigenvalue weighted by Gasteiger charge is -2.13. The molecule has 0 bridgehead atoms. The van der Waals surface area contributed by atoms with Gasteiger partial charge in [0.1, 0.15) is 0 Å². The van der Waals surface area contributed by atoms with Crippen LogP contribution in [0.4, 0.5) is 5.69 Å². The van der Waals surface area contributed by atoms with Gasteiger partial charge in [-0.3, -0.25) is 4.79 Å². The molecule has 1 N–H and O–H groups in total. The van der Waals surface area contributed by atoms with Crippen molar-refractivity contribution >= 4 is 23.2 Å². The zero-order chi connectivity index (χ0) is 16.1. The number of methoxy groups -OCH3 is 1. The third-order valence-electron chi connectivity index (χ3n) is 3.17. The van der Waals surface area contributed by atoms with Gasteiger partial charge in [0.15, 0.2) is 11.5 Å². The molecule has 0 unspecified atom stereocenters. The second kappa shape index (κ2) is 7.18. The van der Waals surface area contributed by atoms with Crippen LogP contribution in [0.3, 0.4) is 0 Å². The van der Waals surface area contributed by atoms with Gasteiger partial charge >= 0.3 is 0 Å². The SMILES string of the molecule is CCOc1cc(C(=O)Nc2ccccc2C)cc(Cl)c1OC. The average Bonchev–Trinajstić information content (AvgIpc) is 2.49. The molecule has 0 radical (unpaired) electrons. The Morgan fingerprint density at radius 3 is 2.64 bits per heavy atom. The van der Waals surface area contributed by atoms with Crippen LogP contribution < -0.4 is 14.8 Å². The number of anilines is 1. The molecular formula is C17H18ClNO3. The lowest BCUT2D eigenvalue weighted by atomic mass is 10.1. The van der Waals surface area contributed by atoms with Crippen molar-refractivity contribution in [3.63, 3.8) is 0 Å². The van der Waals surface area contributed by atoms with Gasteiger partial charge in [0, 0.05) is 11.3 Å². The quantitative estimate of drug-likeness (QED) is 0.893. The standard InChI is InChI=1S/C17H18ClNO3/c1-4-22-15-10-12(9-13(18)16(15)21-3)17(20)19-14-8-6-5-7-11(14)2/h5-10H,4H2,1-3H3,(H,19,20). The summed E-state index contributed by atoms with van der Waals surface area (Å²) in [5.41, 5.74) is 2.16. The first-order chi connectivity index (χ1) is 10.6. The van der Waals surface area contributed by atoms with E-state index in [0.29, 0.717) is 28.7 Å². The monoisotopic (exact) mass is 319 g/mol. The van der Waals surface area contributed by atoms with E-state index in [1.165, 1.54) is 7.11 Å². The minimum atomic E-state index is -0.250. The predicted octanol–water partition coefficient (Wildman–Crippen LogP) is 4.31. The van der Waals surface area contributed by atoms with Crippen molar-refractivity contribution in [1.29, 1.82) is 0 Å². The second-order valence-electron chi connectivity index (χ2n) is 4.69. The minimum Gasteiger partial charge on any atom is -0.491 e. The Bertz CT molecular complexity index is 686. The van der Waals surface area contributed by atoms with E-state index in [0.717, 1.165) is 11.3 Å². The third kappa shape index (κ3) is 3.52. The molecule has 1 amide bonds. The lowest BCUT2D eigenvalue weighted by Crippen LogP contribution is -2.13. The molecule has 2 aromatic carbocycles. The number of para-hydroxylation sites is 1. The van der Waals surface area contributed by atoms with Gasteiger partial charge in [0.05, 0.1) is 18.7 Å². The highest BCUT2D eigenvalue weighted by molar-refractivity contribution is 6.32. The van der Waals surface area contributed by atoms with E-state index in [9.17, 15) is 4.79 Å². The maximum atomic E-state index is 12.4. The number of carbonyl (C=O) groups is 1. The van der Waals surface area contributed by atoms with Crippen molar-refractivity contribution in [2.45, 2.75) is 13.8 Å². The Labute approximate surface area is 135 Å². The van der Waals surface area contributed by atoms with Crippen LogP contribution in [0.2, 0.25) is 5.02 Å². The maximum absolute atomic E-state index is 12.4. The van der Waals surface area contributed by atoms with Gasteiger partial charge in [-0.25, -0.2) is 0 Å². The van der Waals surface area contributed by atoms with Gasteiger partial charge < -0.3 is 14.8 Å². The number of ether oxygens (including phenoxy) is 2. The first-order valence-electron chi connectivity index (χ1n) is 6.94. The molecule has 116 valence electrons. The van der Waals surface area contributed by atoms with E-state index in [2.05, 4.69) is 5.32 Å². The molecular weight excluding hydrogens is 302 g/mol. The number of hydrogen-bond acceptors (Lipinski definition) is 3. The average molecular weight is 320 g/mol. The Morgan fingerprint density at radius 2 is 2.00 bits per heavy atom. The third-order valence-corrected chi connectivity index (χ3v) is 3.45. The van der Waals surface area contributed by atoms with Crippen LogP contribution in [0.1, 0.15) is 22.8 Å². The van der Waals surface area contributed by atoms with Gasteiger partial charge in [-0.05, 0) is 37.6 Å². The summed E-state index contributed by atoms with van der Waals surface area (Å²) >= 11 is 6.16. The predicted molar refractivity (Wildman–Crippen MR) is 88.3 cm³/mol. The molecule has 2 aromatic rings. The van der Waals surface area contributed by atoms with Crippen molar-refractivity contribution in [2.75, 3.05) is 19.0 Å². The number of hydrogen-bond donors (Lipinski definition) is 1. The van der Waals surface area contributed by atoms with Gasteiger partial charge in [0.2, 0.25) is 0 Å². The Hall–Kier alpha value is -2.20. The van der Waals surface area contributed by atoms with Gasteiger partial charge in [0.25, 0.3) is 5.91 Å². The first-order valence-corrected chi connectivity index (χ1v) is 7.32. The Kier molecular flexibility index (Phi) is 5.28. The molecule has 0 aliphatic rings. The molecule has 0 saturated heterocycles. The summed E-state index contributed by atoms with van der Waals surface area (Å²) in [4.78, 5) is 12.4. The zero-order valence-electron chi connectivity index (χ0n) is 12.8. The van der Waals surface area contributed by atoms with E-state index in [-0.39, 0.29) is 5.91 Å². The highest BCUT2D eigenvalue weighted by atomic mass is 35.5. The molecule has 0 atom stereocenters. The molecule has 22 heavy (non-hydrogen) atoms. The highest BCUT2D eigenvalue weighted by Crippen LogP contribution is 2.36. The topological polar surface area (TPSA) is 47.6 Å². The van der Waals surface area contributed by atoms with E-state index in [1.807, 2.05) is 38.1 Å². The van der Waals surface area contributed by atoms with Crippen LogP contribution in [0, 0.1) is 6.92 Å². The fourth-order valence-electron chi connectivity index (χ4n) is 2.07. The number of benzene rings is 2. The summed E-state index contributed by atoms with van der Waals surface area (Å²) in [6.07, 6.45) is 0. The van der Waals surface area contributed by atoms with Crippen molar-refractivity contribution in [3.05, 3.63) is 52.5 Å². The van der Waals surface area contributed by atoms with Crippen molar-refractivity contribution in [3.8, 4) is 11.5 Å². The summed E-state index contributed by atoms with van der Waals surface area (Å²) in [7, 11) is 1.51. The number of aryl methyl sites for hydroxylation is 1. The van der Waals surface area contributed by atoms with Crippen LogP contribution >= 0.6 is 11.6 Å². The molecule has 4 nitrogen and oxygen atoms in total. The number of nitrogens with one attached hydrogen (secondary N) is 1. The Balaban J connectivity index is 2.32. The summed E-state index contributed by atoms with van der Waals surface area (Å²) in [6, 6.07) is 10.8. The van der Waals surface area contributed by atoms with E-state index >= 15 is 0 Å². The number of carbonyl (C=O) groups excluding carboxylic acids is 1. The van der Waals surface area contributed by atoms with Crippen LogP contribution in [0.15, 0.2) is 36.4 Å². The van der Waals surface area contributed by atoms with Gasteiger partial charge in [-0.15, -0.1) is 0 Å². The zero-order valence-corrected chi connectivity index (χ0v) is 13.5. The minimum absolute atomic E-state index is 0.250. The molecule has 0 spiro atoms. The molecule has 0 fully saturated rings. The van der Waals surface area contributed by atoms with Crippen LogP contribution in [-0.4, -0.2) is 19.6 Å². The summed E-state index contributed by atoms with van der Waals surface area (Å²) < 4.78 is 10.7. The van der Waals surface area contributed by atoms with Crippen LogP contribution in [0.25, 0.3) is 0 Å². The van der Waals surface area contributed by atoms with Gasteiger partial charge in [-0.2, -0.15) is 0 Å². The summed E-state index contributed by atoms with van der Waals surface area (Å²) in [5, 5.41) is 3.20. The van der Waals surface area contributed by atoms with Crippen molar-refractivity contribution < 1.29 is 14.3 Å². The van der Waals surface area contributed by atoms with Crippen LogP contribution in [0.5, 0.6) is 11.5 Å². The fraction of sp³-hybridized carbons (Fsp3) is 0.235. The smallest absolute Gasteiger partial charge is 0.255 e. The summed E-state index contributed by atoms with van der Waals surface area (Å²) in [6.45, 7) is 4.24. The number of halogens is 1. The van der Waals surface area contributed by atoms with Crippen molar-refractivity contribution in [1.82, 2.24) is 0 Å². The second-order valence-corrected chi connectivity index (χ2v) is 5.10. The van der Waals surface area contributed by atoms with E-state index < -0.39 is 0 Å². The molecule has 0 aliphatic carbocycles. The molecule has 0 saturated carbocycles. The number of amides is 1. The van der Waals surface area contributed by atoms with E-state index in [1.54, 1.807) is 12.1 Å². The molecule has 5 heteroatoms. The molecule has 0 aromatic heterocycles. The first kappa shape index (κ1) is 16.2. The number of rotatable bonds is 5. The fourth-order valence-corrected chi connectivity index (χ4v) is 2.36. The molecule has 2 rings (SSSR count). The maximum Gasteiger partial charge on any atom is 0.255 e. The molecule has 0 aliphatic heterocycles. The lowest BCUT2D eigenvalue weighted by molar-refractivity contribution is 0.102. The summed E-state index contributed by atoms with van der Waals surface area (Å²) in [5.74, 6) is 0.628. The molecule has 0 heterocycles. The van der Waals surface area contributed by atoms with Gasteiger partial charge in [-0.1, -0.05) is 29.8 Å². The highest BCUT2D eigenvalue weighted by Gasteiger charge is 2.16. The van der Waals surface area contributed by atoms with E-state index in [4.69, 9.17) is 21.1 Å². The van der Waals surface area contributed by atoms with Crippen LogP contribution in [-0.2, 0) is 0 Å². The largest absolute Gasteiger partial charge is 0.491 e.